The summed E-state index contributed by atoms with van der Waals surface area (Å²) in [5.74, 6) is 0.835. The molecule has 4 aliphatic rings. The molecule has 2 atom stereocenters. The predicted molar refractivity (Wildman–Crippen MR) is 105 cm³/mol. The van der Waals surface area contributed by atoms with Gasteiger partial charge in [-0.05, 0) is 56.7 Å². The fourth-order valence-electron chi connectivity index (χ4n) is 5.39. The molecule has 1 aromatic rings. The first-order valence-corrected chi connectivity index (χ1v) is 10.6. The molecule has 0 radical (unpaired) electrons. The standard InChI is InChI=1S/C22H34FN3/c23-11-4-12-24-13-9-21(10-14-24)26-17-20-7-8-22(26)18-25(16-20)15-19-5-2-1-3-6-19/h1-3,5-6,20-22H,4,7-18H2. The molecule has 0 amide bonds. The van der Waals surface area contributed by atoms with Crippen LogP contribution in [-0.4, -0.2) is 72.7 Å². The van der Waals surface area contributed by atoms with Crippen LogP contribution in [0, 0.1) is 5.92 Å². The van der Waals surface area contributed by atoms with Crippen molar-refractivity contribution in [1.82, 2.24) is 14.7 Å². The molecular weight excluding hydrogens is 325 g/mol. The molecule has 0 aromatic heterocycles. The largest absolute Gasteiger partial charge is 0.303 e. The summed E-state index contributed by atoms with van der Waals surface area (Å²) in [6.07, 6.45) is 6.02. The molecule has 0 N–H and O–H groups in total. The molecule has 1 aromatic carbocycles. The molecule has 4 fully saturated rings. The third-order valence-corrected chi connectivity index (χ3v) is 6.71. The number of likely N-dealkylation sites (tertiary alicyclic amines) is 1. The Balaban J connectivity index is 1.34. The second kappa shape index (κ2) is 8.81. The van der Waals surface area contributed by atoms with Gasteiger partial charge < -0.3 is 4.90 Å². The molecule has 4 heterocycles. The SMILES string of the molecule is FCCCN1CCC(N2CC3CCC2CN(Cc2ccccc2)C3)CC1. The van der Waals surface area contributed by atoms with Crippen LogP contribution in [0.25, 0.3) is 0 Å². The van der Waals surface area contributed by atoms with Gasteiger partial charge in [-0.1, -0.05) is 30.3 Å². The minimum absolute atomic E-state index is 0.174. The quantitative estimate of drug-likeness (QED) is 0.771. The van der Waals surface area contributed by atoms with Crippen LogP contribution in [-0.2, 0) is 6.54 Å². The molecule has 5 rings (SSSR count). The molecule has 4 aliphatic heterocycles. The van der Waals surface area contributed by atoms with Gasteiger partial charge in [0.1, 0.15) is 0 Å². The van der Waals surface area contributed by atoms with E-state index in [1.807, 2.05) is 0 Å². The molecule has 0 aliphatic carbocycles. The number of halogens is 1. The molecule has 4 heteroatoms. The zero-order chi connectivity index (χ0) is 17.8. The maximum Gasteiger partial charge on any atom is 0.0906 e. The van der Waals surface area contributed by atoms with E-state index in [2.05, 4.69) is 45.0 Å². The van der Waals surface area contributed by atoms with Crippen molar-refractivity contribution in [2.75, 3.05) is 45.9 Å². The first-order chi connectivity index (χ1) is 12.8. The Morgan fingerprint density at radius 3 is 2.42 bits per heavy atom. The lowest BCUT2D eigenvalue weighted by Gasteiger charge is -2.45. The van der Waals surface area contributed by atoms with E-state index in [-0.39, 0.29) is 6.67 Å². The van der Waals surface area contributed by atoms with Crippen LogP contribution < -0.4 is 0 Å². The Morgan fingerprint density at radius 1 is 0.846 bits per heavy atom. The lowest BCUT2D eigenvalue weighted by Crippen LogP contribution is -2.53. The first kappa shape index (κ1) is 18.4. The maximum atomic E-state index is 12.4. The Morgan fingerprint density at radius 2 is 1.65 bits per heavy atom. The lowest BCUT2D eigenvalue weighted by molar-refractivity contribution is 0.0415. The maximum absolute atomic E-state index is 12.4. The summed E-state index contributed by atoms with van der Waals surface area (Å²) in [6.45, 7) is 7.98. The molecule has 4 saturated heterocycles. The summed E-state index contributed by atoms with van der Waals surface area (Å²) in [5, 5.41) is 0. The minimum atomic E-state index is -0.174. The molecule has 2 bridgehead atoms. The minimum Gasteiger partial charge on any atom is -0.303 e. The Hall–Kier alpha value is -0.970. The fraction of sp³-hybridized carbons (Fsp3) is 0.727. The highest BCUT2D eigenvalue weighted by atomic mass is 19.1. The third kappa shape index (κ3) is 4.47. The average Bonchev–Trinajstić information content (AvgIpc) is 2.98. The van der Waals surface area contributed by atoms with Gasteiger partial charge in [-0.2, -0.15) is 0 Å². The Kier molecular flexibility index (Phi) is 6.24. The molecule has 0 spiro atoms. The van der Waals surface area contributed by atoms with Crippen LogP contribution in [0.5, 0.6) is 0 Å². The highest BCUT2D eigenvalue weighted by Crippen LogP contribution is 2.32. The summed E-state index contributed by atoms with van der Waals surface area (Å²) in [7, 11) is 0. The van der Waals surface area contributed by atoms with Crippen LogP contribution in [0.3, 0.4) is 0 Å². The van der Waals surface area contributed by atoms with E-state index in [9.17, 15) is 4.39 Å². The molecule has 3 nitrogen and oxygen atoms in total. The molecule has 144 valence electrons. The predicted octanol–water partition coefficient (Wildman–Crippen LogP) is 3.41. The number of benzene rings is 1. The summed E-state index contributed by atoms with van der Waals surface area (Å²) in [4.78, 5) is 8.04. The first-order valence-electron chi connectivity index (χ1n) is 10.6. The van der Waals surface area contributed by atoms with Gasteiger partial charge in [0.2, 0.25) is 0 Å². The van der Waals surface area contributed by atoms with Gasteiger partial charge in [0, 0.05) is 44.8 Å². The summed E-state index contributed by atoms with van der Waals surface area (Å²) in [6, 6.07) is 12.4. The second-order valence-electron chi connectivity index (χ2n) is 8.59. The van der Waals surface area contributed by atoms with Crippen LogP contribution in [0.4, 0.5) is 4.39 Å². The highest BCUT2D eigenvalue weighted by Gasteiger charge is 2.38. The number of fused-ring (bicyclic) bond motifs is 4. The zero-order valence-corrected chi connectivity index (χ0v) is 16.0. The van der Waals surface area contributed by atoms with Gasteiger partial charge in [0.25, 0.3) is 0 Å². The van der Waals surface area contributed by atoms with E-state index in [4.69, 9.17) is 0 Å². The number of rotatable bonds is 6. The number of hydrogen-bond donors (Lipinski definition) is 0. The summed E-state index contributed by atoms with van der Waals surface area (Å²) in [5.41, 5.74) is 1.45. The van der Waals surface area contributed by atoms with E-state index in [1.165, 1.54) is 50.9 Å². The monoisotopic (exact) mass is 359 g/mol. The Labute approximate surface area is 158 Å². The van der Waals surface area contributed by atoms with Gasteiger partial charge in [-0.15, -0.1) is 0 Å². The lowest BCUT2D eigenvalue weighted by atomic mass is 9.91. The highest BCUT2D eigenvalue weighted by molar-refractivity contribution is 5.14. The second-order valence-corrected chi connectivity index (χ2v) is 8.59. The topological polar surface area (TPSA) is 9.72 Å². The van der Waals surface area contributed by atoms with E-state index < -0.39 is 0 Å². The third-order valence-electron chi connectivity index (χ3n) is 6.71. The number of alkyl halides is 1. The molecular formula is C22H34FN3. The van der Waals surface area contributed by atoms with Crippen molar-refractivity contribution in [1.29, 1.82) is 0 Å². The molecule has 2 unspecified atom stereocenters. The number of nitrogens with zero attached hydrogens (tertiary/aromatic N) is 3. The normalized spacial score (nSPS) is 29.1. The van der Waals surface area contributed by atoms with Gasteiger partial charge in [-0.3, -0.25) is 14.2 Å². The molecule has 0 saturated carbocycles. The average molecular weight is 360 g/mol. The van der Waals surface area contributed by atoms with Crippen molar-refractivity contribution in [2.45, 2.75) is 50.7 Å². The fourth-order valence-corrected chi connectivity index (χ4v) is 5.39. The van der Waals surface area contributed by atoms with Crippen LogP contribution in [0.1, 0.15) is 37.7 Å². The van der Waals surface area contributed by atoms with Crippen molar-refractivity contribution in [3.8, 4) is 0 Å². The Bertz CT molecular complexity index is 544. The van der Waals surface area contributed by atoms with Crippen LogP contribution in [0.15, 0.2) is 30.3 Å². The van der Waals surface area contributed by atoms with Crippen molar-refractivity contribution in [3.63, 3.8) is 0 Å². The van der Waals surface area contributed by atoms with E-state index in [0.717, 1.165) is 44.2 Å². The zero-order valence-electron chi connectivity index (χ0n) is 16.0. The number of piperidine rings is 2. The van der Waals surface area contributed by atoms with Crippen molar-refractivity contribution in [3.05, 3.63) is 35.9 Å². The number of hydrogen-bond acceptors (Lipinski definition) is 3. The van der Waals surface area contributed by atoms with E-state index in [1.54, 1.807) is 0 Å². The van der Waals surface area contributed by atoms with Gasteiger partial charge in [0.15, 0.2) is 0 Å². The summed E-state index contributed by atoms with van der Waals surface area (Å²) < 4.78 is 12.4. The van der Waals surface area contributed by atoms with Crippen molar-refractivity contribution >= 4 is 0 Å². The van der Waals surface area contributed by atoms with Crippen molar-refractivity contribution in [2.24, 2.45) is 5.92 Å². The summed E-state index contributed by atoms with van der Waals surface area (Å²) >= 11 is 0. The van der Waals surface area contributed by atoms with Gasteiger partial charge in [0.05, 0.1) is 6.67 Å². The van der Waals surface area contributed by atoms with Crippen molar-refractivity contribution < 1.29 is 4.39 Å². The smallest absolute Gasteiger partial charge is 0.0906 e. The van der Waals surface area contributed by atoms with Gasteiger partial charge >= 0.3 is 0 Å². The van der Waals surface area contributed by atoms with Crippen LogP contribution in [0.2, 0.25) is 0 Å². The van der Waals surface area contributed by atoms with E-state index >= 15 is 0 Å². The van der Waals surface area contributed by atoms with Crippen LogP contribution >= 0.6 is 0 Å². The van der Waals surface area contributed by atoms with Gasteiger partial charge in [-0.25, -0.2) is 0 Å². The van der Waals surface area contributed by atoms with E-state index in [0.29, 0.717) is 6.42 Å². The molecule has 26 heavy (non-hydrogen) atoms.